The van der Waals surface area contributed by atoms with Crippen molar-refractivity contribution in [2.45, 2.75) is 32.1 Å². The third kappa shape index (κ3) is 5.95. The van der Waals surface area contributed by atoms with E-state index in [1.165, 1.54) is 19.3 Å². The van der Waals surface area contributed by atoms with Crippen molar-refractivity contribution >= 4 is 0 Å². The quantitative estimate of drug-likeness (QED) is 0.455. The second-order valence-electron chi connectivity index (χ2n) is 3.65. The lowest BCUT2D eigenvalue weighted by molar-refractivity contribution is 0.305. The molecule has 0 radical (unpaired) electrons. The maximum absolute atomic E-state index is 5.59. The Labute approximate surface area is 92.8 Å². The molecule has 0 saturated heterocycles. The Hall–Kier alpha value is -1.24. The monoisotopic (exact) mass is 204 g/mol. The lowest BCUT2D eigenvalue weighted by atomic mass is 10.1. The van der Waals surface area contributed by atoms with Crippen molar-refractivity contribution in [3.8, 4) is 5.75 Å². The van der Waals surface area contributed by atoms with E-state index in [2.05, 4.69) is 6.58 Å². The van der Waals surface area contributed by atoms with Crippen molar-refractivity contribution in [2.75, 3.05) is 6.61 Å². The topological polar surface area (TPSA) is 9.23 Å². The van der Waals surface area contributed by atoms with Gasteiger partial charge in [-0.2, -0.15) is 0 Å². The van der Waals surface area contributed by atoms with E-state index in [4.69, 9.17) is 4.74 Å². The molecule has 0 aliphatic rings. The van der Waals surface area contributed by atoms with Gasteiger partial charge < -0.3 is 4.74 Å². The second-order valence-corrected chi connectivity index (χ2v) is 3.65. The van der Waals surface area contributed by atoms with Gasteiger partial charge in [0, 0.05) is 0 Å². The molecule has 1 heteroatoms. The number of ether oxygens (including phenoxy) is 1. The molecule has 1 aromatic rings. The van der Waals surface area contributed by atoms with Crippen molar-refractivity contribution in [2.24, 2.45) is 0 Å². The first-order chi connectivity index (χ1) is 7.43. The zero-order valence-electron chi connectivity index (χ0n) is 9.32. The molecule has 1 aromatic carbocycles. The molecule has 15 heavy (non-hydrogen) atoms. The van der Waals surface area contributed by atoms with Crippen LogP contribution in [-0.4, -0.2) is 6.61 Å². The van der Waals surface area contributed by atoms with Crippen LogP contribution >= 0.6 is 0 Å². The van der Waals surface area contributed by atoms with Crippen LogP contribution in [0, 0.1) is 0 Å². The highest BCUT2D eigenvalue weighted by atomic mass is 16.5. The van der Waals surface area contributed by atoms with Gasteiger partial charge in [0.25, 0.3) is 0 Å². The molecular weight excluding hydrogens is 184 g/mol. The zero-order chi connectivity index (χ0) is 10.8. The molecule has 0 saturated carbocycles. The van der Waals surface area contributed by atoms with Crippen molar-refractivity contribution in [1.82, 2.24) is 0 Å². The van der Waals surface area contributed by atoms with Gasteiger partial charge in [-0.3, -0.25) is 0 Å². The molecule has 0 atom stereocenters. The first-order valence-electron chi connectivity index (χ1n) is 5.72. The summed E-state index contributed by atoms with van der Waals surface area (Å²) in [7, 11) is 0. The molecule has 0 aliphatic carbocycles. The van der Waals surface area contributed by atoms with E-state index in [9.17, 15) is 0 Å². The lowest BCUT2D eigenvalue weighted by Gasteiger charge is -2.05. The average Bonchev–Trinajstić information content (AvgIpc) is 2.29. The number of hydrogen-bond acceptors (Lipinski definition) is 1. The minimum Gasteiger partial charge on any atom is -0.494 e. The van der Waals surface area contributed by atoms with E-state index in [0.717, 1.165) is 25.2 Å². The van der Waals surface area contributed by atoms with Crippen LogP contribution in [0.5, 0.6) is 5.75 Å². The Kier molecular flexibility index (Phi) is 6.39. The first kappa shape index (κ1) is 11.8. The zero-order valence-corrected chi connectivity index (χ0v) is 9.32. The number of allylic oxidation sites excluding steroid dienone is 1. The normalized spacial score (nSPS) is 9.87. The third-order valence-electron chi connectivity index (χ3n) is 2.31. The van der Waals surface area contributed by atoms with Gasteiger partial charge in [0.2, 0.25) is 0 Å². The Balaban J connectivity index is 1.95. The molecule has 0 spiro atoms. The van der Waals surface area contributed by atoms with E-state index in [-0.39, 0.29) is 0 Å². The highest BCUT2D eigenvalue weighted by molar-refractivity contribution is 5.20. The Morgan fingerprint density at radius 3 is 2.47 bits per heavy atom. The fraction of sp³-hybridized carbons (Fsp3) is 0.429. The van der Waals surface area contributed by atoms with Gasteiger partial charge in [-0.25, -0.2) is 0 Å². The van der Waals surface area contributed by atoms with Gasteiger partial charge >= 0.3 is 0 Å². The van der Waals surface area contributed by atoms with Gasteiger partial charge in [-0.1, -0.05) is 37.1 Å². The number of rotatable bonds is 8. The van der Waals surface area contributed by atoms with E-state index in [0.29, 0.717) is 0 Å². The molecule has 0 amide bonds. The Bertz CT molecular complexity index is 253. The number of hydrogen-bond donors (Lipinski definition) is 0. The predicted molar refractivity (Wildman–Crippen MR) is 65.2 cm³/mol. The molecule has 0 N–H and O–H groups in total. The second kappa shape index (κ2) is 8.10. The van der Waals surface area contributed by atoms with Crippen LogP contribution < -0.4 is 4.74 Å². The summed E-state index contributed by atoms with van der Waals surface area (Å²) >= 11 is 0. The Morgan fingerprint density at radius 1 is 1.00 bits per heavy atom. The van der Waals surface area contributed by atoms with Crippen LogP contribution in [0.3, 0.4) is 0 Å². The van der Waals surface area contributed by atoms with E-state index < -0.39 is 0 Å². The van der Waals surface area contributed by atoms with E-state index >= 15 is 0 Å². The van der Waals surface area contributed by atoms with Gasteiger partial charge in [0.05, 0.1) is 6.61 Å². The van der Waals surface area contributed by atoms with Crippen molar-refractivity contribution in [3.05, 3.63) is 43.0 Å². The van der Waals surface area contributed by atoms with Crippen molar-refractivity contribution in [3.63, 3.8) is 0 Å². The largest absolute Gasteiger partial charge is 0.494 e. The molecule has 82 valence electrons. The van der Waals surface area contributed by atoms with Crippen LogP contribution in [0.2, 0.25) is 0 Å². The number of benzene rings is 1. The van der Waals surface area contributed by atoms with E-state index in [1.807, 2.05) is 36.4 Å². The van der Waals surface area contributed by atoms with Crippen molar-refractivity contribution in [1.29, 1.82) is 0 Å². The first-order valence-corrected chi connectivity index (χ1v) is 5.72. The van der Waals surface area contributed by atoms with Crippen molar-refractivity contribution < 1.29 is 4.74 Å². The summed E-state index contributed by atoms with van der Waals surface area (Å²) in [6, 6.07) is 10.00. The summed E-state index contributed by atoms with van der Waals surface area (Å²) < 4.78 is 5.59. The molecule has 0 aliphatic heterocycles. The van der Waals surface area contributed by atoms with Gasteiger partial charge in [0.1, 0.15) is 5.75 Å². The average molecular weight is 204 g/mol. The molecule has 0 aromatic heterocycles. The van der Waals surface area contributed by atoms with E-state index in [1.54, 1.807) is 0 Å². The fourth-order valence-corrected chi connectivity index (χ4v) is 1.45. The lowest BCUT2D eigenvalue weighted by Crippen LogP contribution is -1.96. The maximum Gasteiger partial charge on any atom is 0.119 e. The summed E-state index contributed by atoms with van der Waals surface area (Å²) in [6.45, 7) is 4.54. The van der Waals surface area contributed by atoms with Gasteiger partial charge in [0.15, 0.2) is 0 Å². The minimum atomic E-state index is 0.831. The summed E-state index contributed by atoms with van der Waals surface area (Å²) in [5.74, 6) is 0.976. The smallest absolute Gasteiger partial charge is 0.119 e. The van der Waals surface area contributed by atoms with Crippen LogP contribution in [0.4, 0.5) is 0 Å². The standard InChI is InChI=1S/C14H20O/c1-2-3-4-5-6-10-13-15-14-11-8-7-9-12-14/h2,7-9,11-12H,1,3-6,10,13H2. The molecule has 0 bridgehead atoms. The molecule has 0 fully saturated rings. The highest BCUT2D eigenvalue weighted by Gasteiger charge is 1.92. The van der Waals surface area contributed by atoms with Crippen LogP contribution in [0.25, 0.3) is 0 Å². The van der Waals surface area contributed by atoms with Gasteiger partial charge in [-0.15, -0.1) is 6.58 Å². The molecular formula is C14H20O. The number of unbranched alkanes of at least 4 members (excludes halogenated alkanes) is 4. The summed E-state index contributed by atoms with van der Waals surface area (Å²) in [4.78, 5) is 0. The van der Waals surface area contributed by atoms with Gasteiger partial charge in [-0.05, 0) is 31.4 Å². The predicted octanol–water partition coefficient (Wildman–Crippen LogP) is 4.20. The molecule has 1 rings (SSSR count). The van der Waals surface area contributed by atoms with Crippen LogP contribution in [0.15, 0.2) is 43.0 Å². The molecule has 0 unspecified atom stereocenters. The minimum absolute atomic E-state index is 0.831. The highest BCUT2D eigenvalue weighted by Crippen LogP contribution is 2.10. The SMILES string of the molecule is C=CCCCCCCOc1ccccc1. The number of para-hydroxylation sites is 1. The fourth-order valence-electron chi connectivity index (χ4n) is 1.45. The van der Waals surface area contributed by atoms with Crippen LogP contribution in [-0.2, 0) is 0 Å². The summed E-state index contributed by atoms with van der Waals surface area (Å²) in [5.41, 5.74) is 0. The Morgan fingerprint density at radius 2 is 1.73 bits per heavy atom. The molecule has 0 heterocycles. The van der Waals surface area contributed by atoms with Crippen LogP contribution in [0.1, 0.15) is 32.1 Å². The molecule has 1 nitrogen and oxygen atoms in total. The maximum atomic E-state index is 5.59. The summed E-state index contributed by atoms with van der Waals surface area (Å²) in [5, 5.41) is 0. The third-order valence-corrected chi connectivity index (χ3v) is 2.31. The summed E-state index contributed by atoms with van der Waals surface area (Å²) in [6.07, 6.45) is 8.06.